The second-order valence-electron chi connectivity index (χ2n) is 3.22. The summed E-state index contributed by atoms with van der Waals surface area (Å²) in [6.07, 6.45) is 6.10. The fourth-order valence-electron chi connectivity index (χ4n) is 1.69. The maximum Gasteiger partial charge on any atom is 0.105 e. The maximum atomic E-state index is 12.0. The van der Waals surface area contributed by atoms with E-state index < -0.39 is 0 Å². The molecule has 0 spiro atoms. The molecular formula is C8H16FN. The van der Waals surface area contributed by atoms with E-state index >= 15 is 0 Å². The summed E-state index contributed by atoms with van der Waals surface area (Å²) in [5.41, 5.74) is 5.57. The van der Waals surface area contributed by atoms with Crippen LogP contribution in [0.4, 0.5) is 4.39 Å². The summed E-state index contributed by atoms with van der Waals surface area (Å²) in [7, 11) is 0. The maximum absolute atomic E-state index is 12.0. The highest BCUT2D eigenvalue weighted by atomic mass is 19.1. The lowest BCUT2D eigenvalue weighted by Gasteiger charge is -2.25. The first-order valence-electron chi connectivity index (χ1n) is 4.16. The summed E-state index contributed by atoms with van der Waals surface area (Å²) in [4.78, 5) is 0. The van der Waals surface area contributed by atoms with Gasteiger partial charge in [0.15, 0.2) is 0 Å². The van der Waals surface area contributed by atoms with Crippen LogP contribution >= 0.6 is 0 Å². The van der Waals surface area contributed by atoms with Crippen LogP contribution in [0.15, 0.2) is 0 Å². The van der Waals surface area contributed by atoms with Gasteiger partial charge in [0.05, 0.1) is 0 Å². The Morgan fingerprint density at radius 1 is 1.30 bits per heavy atom. The van der Waals surface area contributed by atoms with E-state index in [9.17, 15) is 4.39 Å². The van der Waals surface area contributed by atoms with Gasteiger partial charge in [-0.05, 0) is 18.8 Å². The van der Waals surface area contributed by atoms with Crippen LogP contribution in [0.25, 0.3) is 0 Å². The molecule has 2 heteroatoms. The zero-order valence-corrected chi connectivity index (χ0v) is 6.35. The van der Waals surface area contributed by atoms with Crippen LogP contribution in [0, 0.1) is 5.92 Å². The van der Waals surface area contributed by atoms with Gasteiger partial charge < -0.3 is 5.73 Å². The quantitative estimate of drug-likeness (QED) is 0.630. The number of hydrogen-bond donors (Lipinski definition) is 1. The Balaban J connectivity index is 2.24. The van der Waals surface area contributed by atoms with Gasteiger partial charge in [0.2, 0.25) is 0 Å². The van der Waals surface area contributed by atoms with E-state index in [1.165, 1.54) is 19.3 Å². The zero-order valence-electron chi connectivity index (χ0n) is 6.35. The minimum atomic E-state index is -0.343. The lowest BCUT2D eigenvalue weighted by molar-refractivity contribution is 0.265. The molecule has 2 N–H and O–H groups in total. The third kappa shape index (κ3) is 1.94. The molecule has 1 rings (SSSR count). The average Bonchev–Trinajstić information content (AvgIpc) is 2.05. The van der Waals surface area contributed by atoms with E-state index in [4.69, 9.17) is 5.73 Å². The van der Waals surface area contributed by atoms with Crippen molar-refractivity contribution in [2.75, 3.05) is 6.67 Å². The largest absolute Gasteiger partial charge is 0.325 e. The number of alkyl halides is 1. The molecule has 0 saturated heterocycles. The van der Waals surface area contributed by atoms with Crippen molar-refractivity contribution in [2.45, 2.75) is 38.1 Å². The van der Waals surface area contributed by atoms with Crippen molar-refractivity contribution in [2.24, 2.45) is 11.7 Å². The van der Waals surface area contributed by atoms with Gasteiger partial charge in [-0.3, -0.25) is 0 Å². The molecule has 0 heterocycles. The first-order valence-corrected chi connectivity index (χ1v) is 4.16. The van der Waals surface area contributed by atoms with E-state index in [-0.39, 0.29) is 12.7 Å². The fraction of sp³-hybridized carbons (Fsp3) is 1.00. The predicted molar refractivity (Wildman–Crippen MR) is 40.5 cm³/mol. The van der Waals surface area contributed by atoms with Gasteiger partial charge >= 0.3 is 0 Å². The van der Waals surface area contributed by atoms with Crippen LogP contribution < -0.4 is 5.73 Å². The monoisotopic (exact) mass is 145 g/mol. The SMILES string of the molecule is NC(CF)C1CCCCC1. The summed E-state index contributed by atoms with van der Waals surface area (Å²) < 4.78 is 12.0. The molecule has 0 aromatic rings. The van der Waals surface area contributed by atoms with Gasteiger partial charge in [-0.2, -0.15) is 0 Å². The molecule has 1 nitrogen and oxygen atoms in total. The van der Waals surface area contributed by atoms with Crippen LogP contribution in [0.1, 0.15) is 32.1 Å². The third-order valence-corrected chi connectivity index (χ3v) is 2.43. The number of rotatable bonds is 2. The van der Waals surface area contributed by atoms with Gasteiger partial charge in [-0.15, -0.1) is 0 Å². The highest BCUT2D eigenvalue weighted by molar-refractivity contribution is 4.75. The van der Waals surface area contributed by atoms with E-state index in [1.54, 1.807) is 0 Å². The van der Waals surface area contributed by atoms with Crippen molar-refractivity contribution in [3.63, 3.8) is 0 Å². The van der Waals surface area contributed by atoms with Gasteiger partial charge in [-0.25, -0.2) is 4.39 Å². The molecule has 0 amide bonds. The van der Waals surface area contributed by atoms with Crippen LogP contribution in [-0.2, 0) is 0 Å². The van der Waals surface area contributed by atoms with Crippen LogP contribution in [-0.4, -0.2) is 12.7 Å². The van der Waals surface area contributed by atoms with Crippen molar-refractivity contribution >= 4 is 0 Å². The summed E-state index contributed by atoms with van der Waals surface area (Å²) in [5.74, 6) is 0.471. The Hall–Kier alpha value is -0.110. The van der Waals surface area contributed by atoms with Crippen molar-refractivity contribution in [3.05, 3.63) is 0 Å². The molecular weight excluding hydrogens is 129 g/mol. The Bertz CT molecular complexity index is 89.3. The first kappa shape index (κ1) is 7.99. The van der Waals surface area contributed by atoms with Crippen molar-refractivity contribution < 1.29 is 4.39 Å². The average molecular weight is 145 g/mol. The predicted octanol–water partition coefficient (Wildman–Crippen LogP) is 1.86. The molecule has 10 heavy (non-hydrogen) atoms. The molecule has 1 aliphatic carbocycles. The Morgan fingerprint density at radius 2 is 1.90 bits per heavy atom. The topological polar surface area (TPSA) is 26.0 Å². The lowest BCUT2D eigenvalue weighted by Crippen LogP contribution is -2.33. The normalized spacial score (nSPS) is 24.6. The molecule has 1 fully saturated rings. The number of nitrogens with two attached hydrogens (primary N) is 1. The van der Waals surface area contributed by atoms with Gasteiger partial charge in [-0.1, -0.05) is 19.3 Å². The molecule has 0 aromatic heterocycles. The van der Waals surface area contributed by atoms with Gasteiger partial charge in [0.25, 0.3) is 0 Å². The Kier molecular flexibility index (Phi) is 3.13. The third-order valence-electron chi connectivity index (χ3n) is 2.43. The summed E-state index contributed by atoms with van der Waals surface area (Å²) in [5, 5.41) is 0. The highest BCUT2D eigenvalue weighted by Gasteiger charge is 2.19. The lowest BCUT2D eigenvalue weighted by atomic mass is 9.85. The second-order valence-corrected chi connectivity index (χ2v) is 3.22. The van der Waals surface area contributed by atoms with E-state index in [0.717, 1.165) is 12.8 Å². The summed E-state index contributed by atoms with van der Waals surface area (Å²) in [6.45, 7) is -0.343. The van der Waals surface area contributed by atoms with Crippen LogP contribution in [0.3, 0.4) is 0 Å². The molecule has 1 aliphatic rings. The molecule has 1 unspecified atom stereocenters. The minimum absolute atomic E-state index is 0.180. The van der Waals surface area contributed by atoms with Crippen molar-refractivity contribution in [1.29, 1.82) is 0 Å². The molecule has 1 saturated carbocycles. The Labute approximate surface area is 61.8 Å². The first-order chi connectivity index (χ1) is 4.84. The highest BCUT2D eigenvalue weighted by Crippen LogP contribution is 2.25. The van der Waals surface area contributed by atoms with Crippen molar-refractivity contribution in [1.82, 2.24) is 0 Å². The molecule has 0 aliphatic heterocycles. The van der Waals surface area contributed by atoms with Crippen LogP contribution in [0.2, 0.25) is 0 Å². The van der Waals surface area contributed by atoms with E-state index in [0.29, 0.717) is 5.92 Å². The molecule has 0 aromatic carbocycles. The summed E-state index contributed by atoms with van der Waals surface area (Å²) in [6, 6.07) is -0.180. The van der Waals surface area contributed by atoms with Crippen LogP contribution in [0.5, 0.6) is 0 Å². The minimum Gasteiger partial charge on any atom is -0.325 e. The Morgan fingerprint density at radius 3 is 2.40 bits per heavy atom. The molecule has 1 atom stereocenters. The van der Waals surface area contributed by atoms with Crippen molar-refractivity contribution in [3.8, 4) is 0 Å². The van der Waals surface area contributed by atoms with E-state index in [1.807, 2.05) is 0 Å². The second kappa shape index (κ2) is 3.91. The molecule has 0 radical (unpaired) electrons. The zero-order chi connectivity index (χ0) is 7.40. The standard InChI is InChI=1S/C8H16FN/c9-6-8(10)7-4-2-1-3-5-7/h7-8H,1-6,10H2. The van der Waals surface area contributed by atoms with Gasteiger partial charge in [0.1, 0.15) is 6.67 Å². The number of hydrogen-bond acceptors (Lipinski definition) is 1. The molecule has 60 valence electrons. The fourth-order valence-corrected chi connectivity index (χ4v) is 1.69. The smallest absolute Gasteiger partial charge is 0.105 e. The molecule has 0 bridgehead atoms. The van der Waals surface area contributed by atoms with E-state index in [2.05, 4.69) is 0 Å². The summed E-state index contributed by atoms with van der Waals surface area (Å²) >= 11 is 0. The number of halogens is 1. The van der Waals surface area contributed by atoms with Gasteiger partial charge in [0, 0.05) is 6.04 Å².